The van der Waals surface area contributed by atoms with Gasteiger partial charge in [0.15, 0.2) is 0 Å². The normalized spacial score (nSPS) is 13.3. The molecule has 5 nitrogen and oxygen atoms in total. The second-order valence-electron chi connectivity index (χ2n) is 5.81. The lowest BCUT2D eigenvalue weighted by atomic mass is 9.96. The number of benzene rings is 1. The highest BCUT2D eigenvalue weighted by Gasteiger charge is 2.26. The summed E-state index contributed by atoms with van der Waals surface area (Å²) in [5.41, 5.74) is 6.62. The molecule has 22 heavy (non-hydrogen) atoms. The maximum absolute atomic E-state index is 12.1. The number of hydrogen-bond acceptors (Lipinski definition) is 3. The van der Waals surface area contributed by atoms with Gasteiger partial charge in [0, 0.05) is 18.7 Å². The van der Waals surface area contributed by atoms with Crippen molar-refractivity contribution < 1.29 is 9.59 Å². The van der Waals surface area contributed by atoms with Crippen LogP contribution in [0.4, 0.5) is 0 Å². The van der Waals surface area contributed by atoms with E-state index in [-0.39, 0.29) is 11.8 Å². The Hall–Kier alpha value is -1.88. The van der Waals surface area contributed by atoms with Crippen LogP contribution in [0.15, 0.2) is 24.3 Å². The summed E-state index contributed by atoms with van der Waals surface area (Å²) < 4.78 is 0. The van der Waals surface area contributed by atoms with Gasteiger partial charge in [-0.2, -0.15) is 0 Å². The van der Waals surface area contributed by atoms with Crippen LogP contribution in [0.3, 0.4) is 0 Å². The minimum absolute atomic E-state index is 0.0929. The molecule has 1 unspecified atom stereocenters. The average molecular weight is 305 g/mol. The summed E-state index contributed by atoms with van der Waals surface area (Å²) in [4.78, 5) is 24.0. The summed E-state index contributed by atoms with van der Waals surface area (Å²) in [6, 6.07) is 7.25. The van der Waals surface area contributed by atoms with Gasteiger partial charge in [0.1, 0.15) is 0 Å². The van der Waals surface area contributed by atoms with Crippen LogP contribution in [0, 0.1) is 0 Å². The molecule has 0 aromatic heterocycles. The van der Waals surface area contributed by atoms with Gasteiger partial charge in [0.05, 0.1) is 5.54 Å². The Morgan fingerprint density at radius 3 is 2.55 bits per heavy atom. The van der Waals surface area contributed by atoms with Crippen molar-refractivity contribution in [3.8, 4) is 0 Å². The fourth-order valence-corrected chi connectivity index (χ4v) is 2.18. The molecule has 0 radical (unpaired) electrons. The number of nitrogens with two attached hydrogens (primary N) is 1. The quantitative estimate of drug-likeness (QED) is 0.686. The van der Waals surface area contributed by atoms with Crippen molar-refractivity contribution in [1.29, 1.82) is 0 Å². The Kier molecular flexibility index (Phi) is 7.05. The smallest absolute Gasteiger partial charge is 0.251 e. The van der Waals surface area contributed by atoms with Gasteiger partial charge in [-0.05, 0) is 37.5 Å². The lowest BCUT2D eigenvalue weighted by Crippen LogP contribution is -2.51. The molecule has 0 bridgehead atoms. The first-order valence-electron chi connectivity index (χ1n) is 7.85. The lowest BCUT2D eigenvalue weighted by Gasteiger charge is -2.22. The van der Waals surface area contributed by atoms with Crippen LogP contribution in [0.2, 0.25) is 0 Å². The Morgan fingerprint density at radius 1 is 1.18 bits per heavy atom. The zero-order valence-corrected chi connectivity index (χ0v) is 13.7. The van der Waals surface area contributed by atoms with E-state index in [2.05, 4.69) is 10.6 Å². The molecule has 1 atom stereocenters. The van der Waals surface area contributed by atoms with Crippen molar-refractivity contribution in [3.63, 3.8) is 0 Å². The molecule has 4 N–H and O–H groups in total. The minimum atomic E-state index is -0.856. The third kappa shape index (κ3) is 5.48. The topological polar surface area (TPSA) is 84.2 Å². The van der Waals surface area contributed by atoms with Gasteiger partial charge in [-0.1, -0.05) is 32.4 Å². The van der Waals surface area contributed by atoms with E-state index in [4.69, 9.17) is 5.73 Å². The van der Waals surface area contributed by atoms with Gasteiger partial charge in [-0.3, -0.25) is 9.59 Å². The lowest BCUT2D eigenvalue weighted by molar-refractivity contribution is -0.126. The fraction of sp³-hybridized carbons (Fsp3) is 0.529. The van der Waals surface area contributed by atoms with Crippen molar-refractivity contribution >= 4 is 11.8 Å². The standard InChI is InChI=1S/C17H27N3O2/c1-4-9-17(3,18)16(22)20-12-13-7-6-8-14(11-13)15(21)19-10-5-2/h6-8,11H,4-5,9-10,12,18H2,1-3H3,(H,19,21)(H,20,22). The van der Waals surface area contributed by atoms with E-state index in [9.17, 15) is 9.59 Å². The van der Waals surface area contributed by atoms with Crippen LogP contribution in [0.5, 0.6) is 0 Å². The van der Waals surface area contributed by atoms with Crippen molar-refractivity contribution in [2.45, 2.75) is 52.1 Å². The molecule has 0 aliphatic heterocycles. The molecule has 0 spiro atoms. The fourth-order valence-electron chi connectivity index (χ4n) is 2.18. The van der Waals surface area contributed by atoms with Crippen LogP contribution >= 0.6 is 0 Å². The number of carbonyl (C=O) groups excluding carboxylic acids is 2. The molecule has 122 valence electrons. The first kappa shape index (κ1) is 18.2. The van der Waals surface area contributed by atoms with Crippen LogP contribution in [-0.2, 0) is 11.3 Å². The predicted molar refractivity (Wildman–Crippen MR) is 88.4 cm³/mol. The third-order valence-electron chi connectivity index (χ3n) is 3.47. The highest BCUT2D eigenvalue weighted by molar-refractivity contribution is 5.94. The van der Waals surface area contributed by atoms with E-state index < -0.39 is 5.54 Å². The summed E-state index contributed by atoms with van der Waals surface area (Å²) in [5, 5.41) is 5.67. The molecule has 2 amide bonds. The largest absolute Gasteiger partial charge is 0.352 e. The minimum Gasteiger partial charge on any atom is -0.352 e. The van der Waals surface area contributed by atoms with Crippen molar-refractivity contribution in [2.75, 3.05) is 6.54 Å². The first-order chi connectivity index (χ1) is 10.4. The van der Waals surface area contributed by atoms with E-state index in [0.717, 1.165) is 18.4 Å². The predicted octanol–water partition coefficient (Wildman–Crippen LogP) is 1.96. The van der Waals surface area contributed by atoms with Crippen LogP contribution < -0.4 is 16.4 Å². The van der Waals surface area contributed by atoms with Gasteiger partial charge in [-0.15, -0.1) is 0 Å². The summed E-state index contributed by atoms with van der Waals surface area (Å²) in [6.07, 6.45) is 2.39. The number of rotatable bonds is 8. The van der Waals surface area contributed by atoms with Crippen LogP contribution in [0.25, 0.3) is 0 Å². The van der Waals surface area contributed by atoms with E-state index >= 15 is 0 Å². The molecule has 0 saturated carbocycles. The van der Waals surface area contributed by atoms with Gasteiger partial charge >= 0.3 is 0 Å². The SMILES string of the molecule is CCCNC(=O)c1cccc(CNC(=O)C(C)(N)CCC)c1. The molecule has 0 fully saturated rings. The van der Waals surface area contributed by atoms with E-state index in [1.807, 2.05) is 26.0 Å². The first-order valence-corrected chi connectivity index (χ1v) is 7.85. The Morgan fingerprint density at radius 2 is 1.91 bits per heavy atom. The molecule has 0 saturated heterocycles. The van der Waals surface area contributed by atoms with Gasteiger partial charge < -0.3 is 16.4 Å². The second-order valence-corrected chi connectivity index (χ2v) is 5.81. The number of nitrogens with one attached hydrogen (secondary N) is 2. The molecule has 5 heteroatoms. The zero-order chi connectivity index (χ0) is 16.6. The molecular weight excluding hydrogens is 278 g/mol. The Balaban J connectivity index is 2.64. The van der Waals surface area contributed by atoms with E-state index in [0.29, 0.717) is 25.1 Å². The van der Waals surface area contributed by atoms with Crippen molar-refractivity contribution in [3.05, 3.63) is 35.4 Å². The molecule has 0 aliphatic rings. The Bertz CT molecular complexity index is 512. The summed E-state index contributed by atoms with van der Waals surface area (Å²) in [7, 11) is 0. The summed E-state index contributed by atoms with van der Waals surface area (Å²) >= 11 is 0. The third-order valence-corrected chi connectivity index (χ3v) is 3.47. The number of amides is 2. The Labute approximate surface area is 132 Å². The van der Waals surface area contributed by atoms with Crippen molar-refractivity contribution in [2.24, 2.45) is 5.73 Å². The van der Waals surface area contributed by atoms with Gasteiger partial charge in [0.2, 0.25) is 5.91 Å². The van der Waals surface area contributed by atoms with E-state index in [1.54, 1.807) is 19.1 Å². The zero-order valence-electron chi connectivity index (χ0n) is 13.7. The summed E-state index contributed by atoms with van der Waals surface area (Å²) in [5.74, 6) is -0.264. The highest BCUT2D eigenvalue weighted by atomic mass is 16.2. The van der Waals surface area contributed by atoms with Crippen LogP contribution in [-0.4, -0.2) is 23.9 Å². The molecular formula is C17H27N3O2. The maximum Gasteiger partial charge on any atom is 0.251 e. The molecule has 0 aliphatic carbocycles. The summed E-state index contributed by atoms with van der Waals surface area (Å²) in [6.45, 7) is 6.76. The van der Waals surface area contributed by atoms with Gasteiger partial charge in [-0.25, -0.2) is 0 Å². The highest BCUT2D eigenvalue weighted by Crippen LogP contribution is 2.10. The number of carbonyl (C=O) groups is 2. The van der Waals surface area contributed by atoms with Gasteiger partial charge in [0.25, 0.3) is 5.91 Å². The van der Waals surface area contributed by atoms with Crippen molar-refractivity contribution in [1.82, 2.24) is 10.6 Å². The second kappa shape index (κ2) is 8.54. The maximum atomic E-state index is 12.1. The molecule has 1 aromatic carbocycles. The monoisotopic (exact) mass is 305 g/mol. The van der Waals surface area contributed by atoms with Crippen LogP contribution in [0.1, 0.15) is 56.0 Å². The molecule has 1 aromatic rings. The number of hydrogen-bond donors (Lipinski definition) is 3. The van der Waals surface area contributed by atoms with E-state index in [1.165, 1.54) is 0 Å². The average Bonchev–Trinajstić information content (AvgIpc) is 2.50. The molecule has 0 heterocycles. The molecule has 1 rings (SSSR count).